The highest BCUT2D eigenvalue weighted by molar-refractivity contribution is 6.01. The Morgan fingerprint density at radius 3 is 1.47 bits per heavy atom. The molecule has 2 aliphatic heterocycles. The molecule has 4 rings (SSSR count). The molecule has 8 nitrogen and oxygen atoms in total. The standard InChI is InChI=1S/C23H26N6O2.ClH/c30-20(28-18-8-4-16(5-9-18)22-24-12-13-25-22)2-1-3-21(31)29-19-10-6-17(7-11-19)23-26-14-15-27-23;/h4-11H,1-3,12-15H2,(H,24,25)(H,26,27)(H,28,30)(H,29,31);1H. The maximum absolute atomic E-state index is 12.2. The molecule has 2 heterocycles. The van der Waals surface area contributed by atoms with E-state index in [1.54, 1.807) is 0 Å². The van der Waals surface area contributed by atoms with Crippen molar-refractivity contribution in [2.75, 3.05) is 36.8 Å². The first-order chi connectivity index (χ1) is 15.2. The van der Waals surface area contributed by atoms with Crippen molar-refractivity contribution in [1.29, 1.82) is 0 Å². The van der Waals surface area contributed by atoms with Crippen molar-refractivity contribution >= 4 is 47.3 Å². The smallest absolute Gasteiger partial charge is 0.224 e. The molecule has 0 bridgehead atoms. The lowest BCUT2D eigenvalue weighted by Crippen LogP contribution is -2.19. The highest BCUT2D eigenvalue weighted by Gasteiger charge is 2.10. The Morgan fingerprint density at radius 1 is 0.719 bits per heavy atom. The molecule has 0 saturated heterocycles. The van der Waals surface area contributed by atoms with Gasteiger partial charge in [-0.25, -0.2) is 0 Å². The van der Waals surface area contributed by atoms with Crippen LogP contribution in [0.1, 0.15) is 30.4 Å². The SMILES string of the molecule is Cl.O=C(CCCC(=O)Nc1ccc(C2=NCCN2)cc1)Nc1ccc(C2=NCCN2)cc1. The average molecular weight is 455 g/mol. The van der Waals surface area contributed by atoms with Crippen molar-refractivity contribution in [1.82, 2.24) is 10.6 Å². The third kappa shape index (κ3) is 6.31. The summed E-state index contributed by atoms with van der Waals surface area (Å²) in [4.78, 5) is 33.1. The lowest BCUT2D eigenvalue weighted by atomic mass is 10.1. The topological polar surface area (TPSA) is 107 Å². The quantitative estimate of drug-likeness (QED) is 0.491. The molecule has 4 N–H and O–H groups in total. The normalized spacial score (nSPS) is 14.4. The molecule has 0 spiro atoms. The fourth-order valence-corrected chi connectivity index (χ4v) is 3.46. The van der Waals surface area contributed by atoms with Gasteiger partial charge in [-0.3, -0.25) is 19.6 Å². The van der Waals surface area contributed by atoms with Crippen LogP contribution in [0.4, 0.5) is 11.4 Å². The molecule has 168 valence electrons. The predicted octanol–water partition coefficient (Wildman–Crippen LogP) is 2.56. The van der Waals surface area contributed by atoms with E-state index < -0.39 is 0 Å². The zero-order valence-corrected chi connectivity index (χ0v) is 18.5. The van der Waals surface area contributed by atoms with Gasteiger partial charge in [0.25, 0.3) is 0 Å². The molecule has 0 saturated carbocycles. The minimum absolute atomic E-state index is 0. The van der Waals surface area contributed by atoms with Crippen LogP contribution in [0.25, 0.3) is 0 Å². The van der Waals surface area contributed by atoms with Crippen LogP contribution in [0.5, 0.6) is 0 Å². The van der Waals surface area contributed by atoms with Crippen molar-refractivity contribution in [2.24, 2.45) is 9.98 Å². The van der Waals surface area contributed by atoms with Crippen LogP contribution in [0.3, 0.4) is 0 Å². The van der Waals surface area contributed by atoms with Crippen LogP contribution in [-0.2, 0) is 9.59 Å². The van der Waals surface area contributed by atoms with Crippen LogP contribution in [0, 0.1) is 0 Å². The number of carbonyl (C=O) groups excluding carboxylic acids is 2. The van der Waals surface area contributed by atoms with Gasteiger partial charge in [0.1, 0.15) is 11.7 Å². The van der Waals surface area contributed by atoms with Crippen LogP contribution in [0.2, 0.25) is 0 Å². The van der Waals surface area contributed by atoms with Crippen molar-refractivity contribution in [2.45, 2.75) is 19.3 Å². The predicted molar refractivity (Wildman–Crippen MR) is 130 cm³/mol. The third-order valence-corrected chi connectivity index (χ3v) is 5.04. The van der Waals surface area contributed by atoms with E-state index in [2.05, 4.69) is 31.3 Å². The van der Waals surface area contributed by atoms with Gasteiger partial charge in [0.15, 0.2) is 0 Å². The molecule has 2 aromatic rings. The highest BCUT2D eigenvalue weighted by atomic mass is 35.5. The number of amides is 2. The molecular formula is C23H27ClN6O2. The van der Waals surface area contributed by atoms with E-state index in [1.165, 1.54) is 0 Å². The van der Waals surface area contributed by atoms with Crippen molar-refractivity contribution in [3.8, 4) is 0 Å². The highest BCUT2D eigenvalue weighted by Crippen LogP contribution is 2.14. The summed E-state index contributed by atoms with van der Waals surface area (Å²) < 4.78 is 0. The van der Waals surface area contributed by atoms with Gasteiger partial charge in [0, 0.05) is 48.4 Å². The molecule has 0 radical (unpaired) electrons. The number of nitrogens with one attached hydrogen (secondary N) is 4. The van der Waals surface area contributed by atoms with Gasteiger partial charge in [-0.1, -0.05) is 0 Å². The van der Waals surface area contributed by atoms with Gasteiger partial charge in [-0.15, -0.1) is 12.4 Å². The number of amidine groups is 2. The molecule has 9 heteroatoms. The first kappa shape index (κ1) is 23.3. The summed E-state index contributed by atoms with van der Waals surface area (Å²) in [7, 11) is 0. The van der Waals surface area contributed by atoms with E-state index in [-0.39, 0.29) is 37.1 Å². The molecule has 32 heavy (non-hydrogen) atoms. The fourth-order valence-electron chi connectivity index (χ4n) is 3.46. The van der Waals surface area contributed by atoms with E-state index in [4.69, 9.17) is 0 Å². The molecule has 0 aromatic heterocycles. The minimum atomic E-state index is -0.105. The first-order valence-electron chi connectivity index (χ1n) is 10.5. The summed E-state index contributed by atoms with van der Waals surface area (Å²) in [5, 5.41) is 12.2. The van der Waals surface area contributed by atoms with E-state index in [9.17, 15) is 9.59 Å². The Hall–Kier alpha value is -3.39. The lowest BCUT2D eigenvalue weighted by molar-refractivity contribution is -0.117. The number of rotatable bonds is 8. The Bertz CT molecular complexity index is 921. The molecule has 2 amide bonds. The summed E-state index contributed by atoms with van der Waals surface area (Å²) >= 11 is 0. The van der Waals surface area contributed by atoms with Crippen molar-refractivity contribution in [3.63, 3.8) is 0 Å². The van der Waals surface area contributed by atoms with Gasteiger partial charge in [0.05, 0.1) is 13.1 Å². The number of hydrogen-bond acceptors (Lipinski definition) is 6. The molecule has 0 unspecified atom stereocenters. The number of anilines is 2. The van der Waals surface area contributed by atoms with E-state index in [1.807, 2.05) is 48.5 Å². The molecule has 0 atom stereocenters. The van der Waals surface area contributed by atoms with Crippen LogP contribution < -0.4 is 21.3 Å². The van der Waals surface area contributed by atoms with Crippen LogP contribution in [0.15, 0.2) is 58.5 Å². The number of nitrogens with zero attached hydrogens (tertiary/aromatic N) is 2. The van der Waals surface area contributed by atoms with Crippen molar-refractivity contribution < 1.29 is 9.59 Å². The number of hydrogen-bond donors (Lipinski definition) is 4. The second kappa shape index (κ2) is 11.3. The van der Waals surface area contributed by atoms with Gasteiger partial charge in [0.2, 0.25) is 11.8 Å². The van der Waals surface area contributed by atoms with Gasteiger partial charge < -0.3 is 21.3 Å². The van der Waals surface area contributed by atoms with Gasteiger partial charge >= 0.3 is 0 Å². The summed E-state index contributed by atoms with van der Waals surface area (Å²) in [6, 6.07) is 15.2. The summed E-state index contributed by atoms with van der Waals surface area (Å²) in [6.07, 6.45) is 1.05. The monoisotopic (exact) mass is 454 g/mol. The van der Waals surface area contributed by atoms with E-state index >= 15 is 0 Å². The second-order valence-electron chi connectivity index (χ2n) is 7.42. The molecular weight excluding hydrogens is 428 g/mol. The van der Waals surface area contributed by atoms with Crippen LogP contribution in [-0.4, -0.2) is 49.7 Å². The number of aliphatic imine (C=N–C) groups is 2. The molecule has 0 aliphatic carbocycles. The van der Waals surface area contributed by atoms with Crippen molar-refractivity contribution in [3.05, 3.63) is 59.7 Å². The summed E-state index contributed by atoms with van der Waals surface area (Å²) in [5.74, 6) is 1.57. The van der Waals surface area contributed by atoms with Gasteiger partial charge in [-0.2, -0.15) is 0 Å². The zero-order valence-electron chi connectivity index (χ0n) is 17.7. The van der Waals surface area contributed by atoms with E-state index in [0.717, 1.165) is 60.4 Å². The number of benzene rings is 2. The molecule has 2 aromatic carbocycles. The minimum Gasteiger partial charge on any atom is -0.368 e. The maximum atomic E-state index is 12.2. The third-order valence-electron chi connectivity index (χ3n) is 5.04. The maximum Gasteiger partial charge on any atom is 0.224 e. The Kier molecular flexibility index (Phi) is 8.21. The Balaban J connectivity index is 0.00000289. The number of carbonyl (C=O) groups is 2. The summed E-state index contributed by atoms with van der Waals surface area (Å²) in [5.41, 5.74) is 3.48. The van der Waals surface area contributed by atoms with E-state index in [0.29, 0.717) is 6.42 Å². The largest absolute Gasteiger partial charge is 0.368 e. The first-order valence-corrected chi connectivity index (χ1v) is 10.5. The number of halogens is 1. The second-order valence-corrected chi connectivity index (χ2v) is 7.42. The Labute approximate surface area is 193 Å². The molecule has 2 aliphatic rings. The molecule has 0 fully saturated rings. The van der Waals surface area contributed by atoms with Gasteiger partial charge in [-0.05, 0) is 55.0 Å². The lowest BCUT2D eigenvalue weighted by Gasteiger charge is -2.08. The average Bonchev–Trinajstić information content (AvgIpc) is 3.49. The fraction of sp³-hybridized carbons (Fsp3) is 0.304. The zero-order chi connectivity index (χ0) is 21.5. The van der Waals surface area contributed by atoms with Crippen LogP contribution >= 0.6 is 12.4 Å². The summed E-state index contributed by atoms with van der Waals surface area (Å²) in [6.45, 7) is 3.31. The Morgan fingerprint density at radius 2 is 1.12 bits per heavy atom.